The normalized spacial score (nSPS) is 11.9. The van der Waals surface area contributed by atoms with E-state index in [1.807, 2.05) is 55.5 Å². The number of rotatable bonds is 4. The number of hydrogen-bond acceptors (Lipinski definition) is 2. The molecule has 2 rings (SSSR count). The molecule has 1 atom stereocenters. The Kier molecular flexibility index (Phi) is 4.22. The summed E-state index contributed by atoms with van der Waals surface area (Å²) in [6.45, 7) is 1.97. The zero-order valence-electron chi connectivity index (χ0n) is 10.4. The van der Waals surface area contributed by atoms with Gasteiger partial charge in [-0.3, -0.25) is 0 Å². The predicted octanol–water partition coefficient (Wildman–Crippen LogP) is 4.00. The second kappa shape index (κ2) is 5.89. The molecule has 0 spiro atoms. The highest BCUT2D eigenvalue weighted by Crippen LogP contribution is 2.22. The van der Waals surface area contributed by atoms with Crippen LogP contribution in [0.25, 0.3) is 0 Å². The maximum Gasteiger partial charge on any atom is 0.330 e. The summed E-state index contributed by atoms with van der Waals surface area (Å²) in [5, 5.41) is 12.4. The van der Waals surface area contributed by atoms with Gasteiger partial charge in [0, 0.05) is 10.2 Å². The number of halogens is 1. The Labute approximate surface area is 120 Å². The number of anilines is 1. The van der Waals surface area contributed by atoms with Crippen LogP contribution < -0.4 is 5.32 Å². The van der Waals surface area contributed by atoms with Gasteiger partial charge in [-0.1, -0.05) is 51.8 Å². The Balaban J connectivity index is 2.26. The second-order valence-corrected chi connectivity index (χ2v) is 5.25. The van der Waals surface area contributed by atoms with E-state index in [0.29, 0.717) is 0 Å². The van der Waals surface area contributed by atoms with Gasteiger partial charge in [-0.15, -0.1) is 0 Å². The van der Waals surface area contributed by atoms with E-state index in [2.05, 4.69) is 21.2 Å². The van der Waals surface area contributed by atoms with Crippen molar-refractivity contribution in [1.82, 2.24) is 0 Å². The molecule has 4 heteroatoms. The van der Waals surface area contributed by atoms with E-state index in [1.54, 1.807) is 0 Å². The number of carboxylic acid groups (broad SMARTS) is 1. The molecule has 0 saturated heterocycles. The summed E-state index contributed by atoms with van der Waals surface area (Å²) in [5.74, 6) is -0.899. The summed E-state index contributed by atoms with van der Waals surface area (Å²) in [5.41, 5.74) is 2.61. The maximum atomic E-state index is 11.4. The van der Waals surface area contributed by atoms with Gasteiger partial charge in [-0.05, 0) is 30.7 Å². The molecule has 0 aliphatic rings. The van der Waals surface area contributed by atoms with Crippen LogP contribution in [-0.4, -0.2) is 11.1 Å². The summed E-state index contributed by atoms with van der Waals surface area (Å²) in [6.07, 6.45) is 0. The molecule has 2 N–H and O–H groups in total. The number of carboxylic acids is 1. The van der Waals surface area contributed by atoms with Crippen LogP contribution in [0, 0.1) is 6.92 Å². The smallest absolute Gasteiger partial charge is 0.330 e. The highest BCUT2D eigenvalue weighted by atomic mass is 79.9. The minimum Gasteiger partial charge on any atom is -0.479 e. The fraction of sp³-hybridized carbons (Fsp3) is 0.133. The average Bonchev–Trinajstić information content (AvgIpc) is 2.37. The van der Waals surface area contributed by atoms with Gasteiger partial charge in [0.25, 0.3) is 0 Å². The third-order valence-corrected chi connectivity index (χ3v) is 3.29. The lowest BCUT2D eigenvalue weighted by molar-refractivity contribution is -0.138. The van der Waals surface area contributed by atoms with Crippen LogP contribution in [0.4, 0.5) is 5.69 Å². The third kappa shape index (κ3) is 3.58. The topological polar surface area (TPSA) is 49.3 Å². The van der Waals surface area contributed by atoms with Crippen LogP contribution in [0.2, 0.25) is 0 Å². The van der Waals surface area contributed by atoms with Crippen molar-refractivity contribution in [2.24, 2.45) is 0 Å². The number of carbonyl (C=O) groups is 1. The van der Waals surface area contributed by atoms with Crippen LogP contribution in [0.15, 0.2) is 53.0 Å². The molecule has 0 aliphatic carbocycles. The Morgan fingerprint density at radius 3 is 2.47 bits per heavy atom. The van der Waals surface area contributed by atoms with E-state index >= 15 is 0 Å². The molecule has 0 aliphatic heterocycles. The van der Waals surface area contributed by atoms with Gasteiger partial charge in [0.15, 0.2) is 6.04 Å². The molecular weight excluding hydrogens is 306 g/mol. The molecule has 1 unspecified atom stereocenters. The van der Waals surface area contributed by atoms with Gasteiger partial charge >= 0.3 is 5.97 Å². The predicted molar refractivity (Wildman–Crippen MR) is 79.3 cm³/mol. The second-order valence-electron chi connectivity index (χ2n) is 4.34. The molecule has 3 nitrogen and oxygen atoms in total. The molecule has 2 aromatic rings. The summed E-state index contributed by atoms with van der Waals surface area (Å²) in [7, 11) is 0. The van der Waals surface area contributed by atoms with Crippen molar-refractivity contribution in [2.45, 2.75) is 13.0 Å². The van der Waals surface area contributed by atoms with Gasteiger partial charge in [0.1, 0.15) is 0 Å². The van der Waals surface area contributed by atoms with Gasteiger partial charge < -0.3 is 10.4 Å². The van der Waals surface area contributed by atoms with Gasteiger partial charge in [0.05, 0.1) is 0 Å². The van der Waals surface area contributed by atoms with E-state index < -0.39 is 12.0 Å². The lowest BCUT2D eigenvalue weighted by Gasteiger charge is -2.16. The van der Waals surface area contributed by atoms with E-state index in [1.165, 1.54) is 0 Å². The molecule has 0 bridgehead atoms. The first-order chi connectivity index (χ1) is 9.06. The monoisotopic (exact) mass is 319 g/mol. The molecule has 0 radical (unpaired) electrons. The van der Waals surface area contributed by atoms with Crippen molar-refractivity contribution in [3.8, 4) is 0 Å². The Morgan fingerprint density at radius 2 is 1.89 bits per heavy atom. The van der Waals surface area contributed by atoms with E-state index in [9.17, 15) is 9.90 Å². The number of hydrogen-bond donors (Lipinski definition) is 2. The summed E-state index contributed by atoms with van der Waals surface area (Å²) >= 11 is 3.37. The number of aliphatic carboxylic acids is 1. The molecule has 0 fully saturated rings. The SMILES string of the molecule is Cc1ccc(C(Nc2cccc(Br)c2)C(=O)O)cc1. The van der Waals surface area contributed by atoms with Crippen LogP contribution in [0.5, 0.6) is 0 Å². The minimum atomic E-state index is -0.899. The molecule has 19 heavy (non-hydrogen) atoms. The lowest BCUT2D eigenvalue weighted by Crippen LogP contribution is -2.20. The molecule has 0 saturated carbocycles. The number of nitrogens with one attached hydrogen (secondary N) is 1. The van der Waals surface area contributed by atoms with Crippen molar-refractivity contribution in [2.75, 3.05) is 5.32 Å². The fourth-order valence-corrected chi connectivity index (χ4v) is 2.19. The van der Waals surface area contributed by atoms with Crippen molar-refractivity contribution < 1.29 is 9.90 Å². The highest BCUT2D eigenvalue weighted by Gasteiger charge is 2.19. The summed E-state index contributed by atoms with van der Waals surface area (Å²) < 4.78 is 0.908. The first kappa shape index (κ1) is 13.6. The van der Waals surface area contributed by atoms with Gasteiger partial charge in [-0.2, -0.15) is 0 Å². The molecule has 0 amide bonds. The first-order valence-electron chi connectivity index (χ1n) is 5.88. The maximum absolute atomic E-state index is 11.4. The standard InChI is InChI=1S/C15H14BrNO2/c1-10-5-7-11(8-6-10)14(15(18)19)17-13-4-2-3-12(16)9-13/h2-9,14,17H,1H3,(H,18,19). The van der Waals surface area contributed by atoms with Crippen molar-refractivity contribution in [1.29, 1.82) is 0 Å². The quantitative estimate of drug-likeness (QED) is 0.895. The van der Waals surface area contributed by atoms with Gasteiger partial charge in [0.2, 0.25) is 0 Å². The number of benzene rings is 2. The van der Waals surface area contributed by atoms with E-state index in [0.717, 1.165) is 21.3 Å². The zero-order chi connectivity index (χ0) is 13.8. The van der Waals surface area contributed by atoms with Crippen molar-refractivity contribution >= 4 is 27.6 Å². The minimum absolute atomic E-state index is 0.734. The van der Waals surface area contributed by atoms with Crippen LogP contribution in [-0.2, 0) is 4.79 Å². The molecule has 2 aromatic carbocycles. The van der Waals surface area contributed by atoms with E-state index in [-0.39, 0.29) is 0 Å². The largest absolute Gasteiger partial charge is 0.479 e. The summed E-state index contributed by atoms with van der Waals surface area (Å²) in [6, 6.07) is 14.2. The van der Waals surface area contributed by atoms with Gasteiger partial charge in [-0.25, -0.2) is 4.79 Å². The molecular formula is C15H14BrNO2. The van der Waals surface area contributed by atoms with Crippen molar-refractivity contribution in [3.63, 3.8) is 0 Å². The Bertz CT molecular complexity index is 581. The molecule has 0 heterocycles. The number of aryl methyl sites for hydroxylation is 1. The van der Waals surface area contributed by atoms with E-state index in [4.69, 9.17) is 0 Å². The lowest BCUT2D eigenvalue weighted by atomic mass is 10.0. The molecule has 0 aromatic heterocycles. The average molecular weight is 320 g/mol. The van der Waals surface area contributed by atoms with Crippen molar-refractivity contribution in [3.05, 3.63) is 64.1 Å². The van der Waals surface area contributed by atoms with Crippen LogP contribution >= 0.6 is 15.9 Å². The third-order valence-electron chi connectivity index (χ3n) is 2.79. The van der Waals surface area contributed by atoms with Crippen LogP contribution in [0.1, 0.15) is 17.2 Å². The molecule has 98 valence electrons. The first-order valence-corrected chi connectivity index (χ1v) is 6.67. The Hall–Kier alpha value is -1.81. The highest BCUT2D eigenvalue weighted by molar-refractivity contribution is 9.10. The fourth-order valence-electron chi connectivity index (χ4n) is 1.79. The van der Waals surface area contributed by atoms with Crippen LogP contribution in [0.3, 0.4) is 0 Å². The zero-order valence-corrected chi connectivity index (χ0v) is 12.0. The summed E-state index contributed by atoms with van der Waals surface area (Å²) in [4.78, 5) is 11.4. The Morgan fingerprint density at radius 1 is 1.21 bits per heavy atom.